The largest absolute Gasteiger partial charge is 0.330 e. The number of piperidine rings is 1. The van der Waals surface area contributed by atoms with Gasteiger partial charge in [0, 0.05) is 17.4 Å². The van der Waals surface area contributed by atoms with Gasteiger partial charge >= 0.3 is 0 Å². The average molecular weight is 461 g/mol. The van der Waals surface area contributed by atoms with Crippen LogP contribution in [0.1, 0.15) is 41.5 Å². The van der Waals surface area contributed by atoms with Crippen molar-refractivity contribution in [1.29, 1.82) is 0 Å². The van der Waals surface area contributed by atoms with Crippen LogP contribution < -0.4 is 5.73 Å². The van der Waals surface area contributed by atoms with Gasteiger partial charge in [-0.05, 0) is 61.2 Å². The van der Waals surface area contributed by atoms with Gasteiger partial charge in [-0.25, -0.2) is 0 Å². The molecule has 0 saturated carbocycles. The molecule has 0 aromatic heterocycles. The predicted molar refractivity (Wildman–Crippen MR) is 147 cm³/mol. The molecule has 1 saturated heterocycles. The molecule has 5 rings (SSSR count). The van der Waals surface area contributed by atoms with Crippen molar-refractivity contribution in [2.75, 3.05) is 26.2 Å². The maximum atomic E-state index is 6.37. The summed E-state index contributed by atoms with van der Waals surface area (Å²) in [6.07, 6.45) is 3.26. The Kier molecular flexibility index (Phi) is 7.13. The molecule has 0 amide bonds. The molecule has 1 fully saturated rings. The number of nitrogens with zero attached hydrogens (tertiary/aromatic N) is 1. The van der Waals surface area contributed by atoms with Crippen LogP contribution >= 0.6 is 0 Å². The second-order valence-electron chi connectivity index (χ2n) is 9.95. The molecule has 0 spiro atoms. The highest BCUT2D eigenvalue weighted by Crippen LogP contribution is 2.43. The van der Waals surface area contributed by atoms with Crippen LogP contribution in [-0.2, 0) is 10.8 Å². The maximum Gasteiger partial charge on any atom is 0.0463 e. The Balaban J connectivity index is 1.44. The number of benzene rings is 4. The average Bonchev–Trinajstić information content (AvgIpc) is 2.96. The summed E-state index contributed by atoms with van der Waals surface area (Å²) in [5.74, 6) is 0. The van der Waals surface area contributed by atoms with Crippen LogP contribution in [0.2, 0.25) is 0 Å². The standard InChI is InChI=1S/C33H36N2/c34-27-32(28-13-5-1-6-14-28)21-24-35(25-22-32)26-23-33(29-15-7-2-8-16-29,30-17-9-3-10-18-30)31-19-11-4-12-20-31/h1-20H,21-27,34H2. The molecule has 1 heterocycles. The van der Waals surface area contributed by atoms with E-state index in [1.807, 2.05) is 0 Å². The van der Waals surface area contributed by atoms with E-state index >= 15 is 0 Å². The number of hydrogen-bond donors (Lipinski definition) is 1. The molecular weight excluding hydrogens is 424 g/mol. The van der Waals surface area contributed by atoms with Gasteiger partial charge in [0.2, 0.25) is 0 Å². The Morgan fingerprint density at radius 1 is 0.600 bits per heavy atom. The first-order chi connectivity index (χ1) is 17.3. The molecule has 0 aliphatic carbocycles. The monoisotopic (exact) mass is 460 g/mol. The van der Waals surface area contributed by atoms with Crippen LogP contribution in [0.15, 0.2) is 121 Å². The zero-order valence-electron chi connectivity index (χ0n) is 20.5. The molecule has 1 aliphatic rings. The molecule has 4 aromatic rings. The summed E-state index contributed by atoms with van der Waals surface area (Å²) in [4.78, 5) is 2.65. The van der Waals surface area contributed by atoms with Gasteiger partial charge < -0.3 is 10.6 Å². The first-order valence-corrected chi connectivity index (χ1v) is 12.9. The van der Waals surface area contributed by atoms with E-state index in [1.54, 1.807) is 0 Å². The Morgan fingerprint density at radius 2 is 1.00 bits per heavy atom. The molecule has 0 atom stereocenters. The lowest BCUT2D eigenvalue weighted by atomic mass is 9.67. The summed E-state index contributed by atoms with van der Waals surface area (Å²) in [6.45, 7) is 3.93. The van der Waals surface area contributed by atoms with Gasteiger partial charge in [-0.15, -0.1) is 0 Å². The van der Waals surface area contributed by atoms with Crippen LogP contribution in [-0.4, -0.2) is 31.1 Å². The SMILES string of the molecule is NCC1(c2ccccc2)CCN(CCC(c2ccccc2)(c2ccccc2)c2ccccc2)CC1. The fraction of sp³-hybridized carbons (Fsp3) is 0.273. The summed E-state index contributed by atoms with van der Waals surface area (Å²) in [7, 11) is 0. The molecule has 0 bridgehead atoms. The van der Waals surface area contributed by atoms with E-state index < -0.39 is 0 Å². The second kappa shape index (κ2) is 10.6. The van der Waals surface area contributed by atoms with E-state index in [2.05, 4.69) is 126 Å². The summed E-state index contributed by atoms with van der Waals surface area (Å²) < 4.78 is 0. The Labute approximate surface area is 210 Å². The van der Waals surface area contributed by atoms with E-state index in [0.29, 0.717) is 6.54 Å². The van der Waals surface area contributed by atoms with Gasteiger partial charge in [-0.3, -0.25) is 0 Å². The lowest BCUT2D eigenvalue weighted by Gasteiger charge is -2.43. The van der Waals surface area contributed by atoms with Gasteiger partial charge in [-0.1, -0.05) is 121 Å². The summed E-state index contributed by atoms with van der Waals surface area (Å²) in [5, 5.41) is 0. The van der Waals surface area contributed by atoms with Crippen LogP contribution in [0.25, 0.3) is 0 Å². The highest BCUT2D eigenvalue weighted by molar-refractivity contribution is 5.50. The van der Waals surface area contributed by atoms with E-state index in [-0.39, 0.29) is 10.8 Å². The van der Waals surface area contributed by atoms with E-state index in [1.165, 1.54) is 22.3 Å². The molecule has 2 N–H and O–H groups in total. The molecule has 0 radical (unpaired) electrons. The van der Waals surface area contributed by atoms with Crippen molar-refractivity contribution in [1.82, 2.24) is 4.90 Å². The van der Waals surface area contributed by atoms with Crippen molar-refractivity contribution in [2.24, 2.45) is 5.73 Å². The first kappa shape index (κ1) is 23.5. The molecule has 0 unspecified atom stereocenters. The Bertz CT molecular complexity index is 1070. The third kappa shape index (κ3) is 4.69. The van der Waals surface area contributed by atoms with Crippen LogP contribution in [0.3, 0.4) is 0 Å². The smallest absolute Gasteiger partial charge is 0.0463 e. The number of nitrogens with two attached hydrogens (primary N) is 1. The molecule has 2 heteroatoms. The van der Waals surface area contributed by atoms with Crippen molar-refractivity contribution < 1.29 is 0 Å². The maximum absolute atomic E-state index is 6.37. The van der Waals surface area contributed by atoms with Crippen molar-refractivity contribution in [3.63, 3.8) is 0 Å². The van der Waals surface area contributed by atoms with Crippen molar-refractivity contribution in [3.8, 4) is 0 Å². The minimum Gasteiger partial charge on any atom is -0.330 e. The zero-order valence-corrected chi connectivity index (χ0v) is 20.5. The third-order valence-electron chi connectivity index (χ3n) is 8.19. The predicted octanol–water partition coefficient (Wildman–Crippen LogP) is 6.40. The van der Waals surface area contributed by atoms with Gasteiger partial charge in [0.15, 0.2) is 0 Å². The minimum absolute atomic E-state index is 0.104. The van der Waals surface area contributed by atoms with Crippen LogP contribution in [0, 0.1) is 0 Å². The fourth-order valence-electron chi connectivity index (χ4n) is 6.03. The summed E-state index contributed by atoms with van der Waals surface area (Å²) in [6, 6.07) is 44.1. The van der Waals surface area contributed by atoms with E-state index in [9.17, 15) is 0 Å². The Hall–Kier alpha value is -3.20. The van der Waals surface area contributed by atoms with Crippen molar-refractivity contribution in [2.45, 2.75) is 30.1 Å². The van der Waals surface area contributed by atoms with Gasteiger partial charge in [0.1, 0.15) is 0 Å². The number of likely N-dealkylation sites (tertiary alicyclic amines) is 1. The Morgan fingerprint density at radius 3 is 1.40 bits per heavy atom. The highest BCUT2D eigenvalue weighted by atomic mass is 15.1. The van der Waals surface area contributed by atoms with Crippen molar-refractivity contribution >= 4 is 0 Å². The topological polar surface area (TPSA) is 29.3 Å². The van der Waals surface area contributed by atoms with Crippen LogP contribution in [0.4, 0.5) is 0 Å². The summed E-state index contributed by atoms with van der Waals surface area (Å²) in [5.41, 5.74) is 11.8. The molecule has 1 aliphatic heterocycles. The lowest BCUT2D eigenvalue weighted by molar-refractivity contribution is 0.155. The second-order valence-corrected chi connectivity index (χ2v) is 9.95. The number of rotatable bonds is 8. The first-order valence-electron chi connectivity index (χ1n) is 12.9. The van der Waals surface area contributed by atoms with Gasteiger partial charge in [0.25, 0.3) is 0 Å². The quantitative estimate of drug-likeness (QED) is 0.308. The van der Waals surface area contributed by atoms with Crippen molar-refractivity contribution in [3.05, 3.63) is 144 Å². The fourth-order valence-corrected chi connectivity index (χ4v) is 6.03. The summed E-state index contributed by atoms with van der Waals surface area (Å²) >= 11 is 0. The number of hydrogen-bond acceptors (Lipinski definition) is 2. The molecular formula is C33H36N2. The lowest BCUT2D eigenvalue weighted by Crippen LogP contribution is -2.47. The molecule has 4 aromatic carbocycles. The molecule has 178 valence electrons. The normalized spacial score (nSPS) is 16.1. The minimum atomic E-state index is -0.189. The van der Waals surface area contributed by atoms with E-state index in [0.717, 1.165) is 38.9 Å². The molecule has 35 heavy (non-hydrogen) atoms. The zero-order chi connectivity index (χ0) is 24.0. The third-order valence-corrected chi connectivity index (χ3v) is 8.19. The molecule has 2 nitrogen and oxygen atoms in total. The van der Waals surface area contributed by atoms with Crippen LogP contribution in [0.5, 0.6) is 0 Å². The van der Waals surface area contributed by atoms with Gasteiger partial charge in [-0.2, -0.15) is 0 Å². The van der Waals surface area contributed by atoms with Gasteiger partial charge in [0.05, 0.1) is 0 Å². The highest BCUT2D eigenvalue weighted by Gasteiger charge is 2.38. The van der Waals surface area contributed by atoms with E-state index in [4.69, 9.17) is 5.73 Å².